The third-order valence-electron chi connectivity index (χ3n) is 5.14. The molecule has 4 heteroatoms. The van der Waals surface area contributed by atoms with Crippen LogP contribution in [0.4, 0.5) is 5.69 Å². The summed E-state index contributed by atoms with van der Waals surface area (Å²) in [4.78, 5) is 15.2. The van der Waals surface area contributed by atoms with Gasteiger partial charge in [0.25, 0.3) is 5.91 Å². The first kappa shape index (κ1) is 20.5. The van der Waals surface area contributed by atoms with E-state index in [-0.39, 0.29) is 5.91 Å². The van der Waals surface area contributed by atoms with Crippen LogP contribution in [0.2, 0.25) is 10.0 Å². The van der Waals surface area contributed by atoms with Gasteiger partial charge in [-0.15, -0.1) is 0 Å². The summed E-state index contributed by atoms with van der Waals surface area (Å²) in [6.07, 6.45) is 3.73. The van der Waals surface area contributed by atoms with Gasteiger partial charge in [-0.05, 0) is 59.0 Å². The van der Waals surface area contributed by atoms with Crippen LogP contribution in [0.1, 0.15) is 36.5 Å². The molecule has 1 aliphatic rings. The predicted molar refractivity (Wildman–Crippen MR) is 127 cm³/mol. The number of nitrogens with zero attached hydrogens (tertiary/aromatic N) is 1. The smallest absolute Gasteiger partial charge is 0.262 e. The number of rotatable bonds is 4. The second-order valence-electron chi connectivity index (χ2n) is 7.55. The molecular weight excluding hydrogens is 413 g/mol. The molecule has 2 nitrogen and oxygen atoms in total. The summed E-state index contributed by atoms with van der Waals surface area (Å²) in [6.45, 7) is 4.31. The Morgan fingerprint density at radius 2 is 1.60 bits per heavy atom. The van der Waals surface area contributed by atoms with Gasteiger partial charge in [0.15, 0.2) is 0 Å². The molecule has 1 aliphatic heterocycles. The quantitative estimate of drug-likeness (QED) is 0.388. The van der Waals surface area contributed by atoms with Crippen LogP contribution < -0.4 is 4.90 Å². The van der Waals surface area contributed by atoms with E-state index in [1.807, 2.05) is 60.7 Å². The van der Waals surface area contributed by atoms with Gasteiger partial charge in [-0.1, -0.05) is 85.6 Å². The highest BCUT2D eigenvalue weighted by atomic mass is 35.5. The zero-order chi connectivity index (χ0) is 21.3. The number of carbonyl (C=O) groups excluding carboxylic acids is 1. The minimum atomic E-state index is -0.0860. The zero-order valence-electron chi connectivity index (χ0n) is 16.8. The lowest BCUT2D eigenvalue weighted by molar-refractivity contribution is -0.113. The highest BCUT2D eigenvalue weighted by molar-refractivity contribution is 6.35. The molecule has 0 unspecified atom stereocenters. The molecule has 30 heavy (non-hydrogen) atoms. The molecule has 0 aromatic heterocycles. The van der Waals surface area contributed by atoms with Crippen LogP contribution in [0, 0.1) is 0 Å². The fraction of sp³-hybridized carbons (Fsp3) is 0.115. The standard InChI is InChI=1S/C26H21Cl2NO/c1-17(2)18-9-12-23(13-10-18)29-25(19-6-4-3-5-7-19)15-21(26(29)30)14-20-8-11-22(27)16-24(20)28/h3-17H,1-2H3/b21-14+. The van der Waals surface area contributed by atoms with Crippen molar-refractivity contribution >= 4 is 46.6 Å². The minimum absolute atomic E-state index is 0.0860. The molecule has 3 aromatic rings. The summed E-state index contributed by atoms with van der Waals surface area (Å²) < 4.78 is 0. The van der Waals surface area contributed by atoms with Crippen LogP contribution in [0.5, 0.6) is 0 Å². The molecule has 0 aliphatic carbocycles. The van der Waals surface area contributed by atoms with Crippen LogP contribution in [0.25, 0.3) is 11.8 Å². The maximum Gasteiger partial charge on any atom is 0.262 e. The average Bonchev–Trinajstić information content (AvgIpc) is 3.07. The average molecular weight is 434 g/mol. The first-order valence-electron chi connectivity index (χ1n) is 9.82. The van der Waals surface area contributed by atoms with Gasteiger partial charge in [-0.2, -0.15) is 0 Å². The van der Waals surface area contributed by atoms with Gasteiger partial charge in [0, 0.05) is 21.3 Å². The lowest BCUT2D eigenvalue weighted by atomic mass is 10.0. The van der Waals surface area contributed by atoms with E-state index in [0.29, 0.717) is 21.5 Å². The van der Waals surface area contributed by atoms with Gasteiger partial charge >= 0.3 is 0 Å². The summed E-state index contributed by atoms with van der Waals surface area (Å²) in [5, 5.41) is 1.07. The topological polar surface area (TPSA) is 20.3 Å². The fourth-order valence-electron chi connectivity index (χ4n) is 3.49. The normalized spacial score (nSPS) is 15.2. The number of carbonyl (C=O) groups is 1. The van der Waals surface area contributed by atoms with Crippen molar-refractivity contribution in [3.8, 4) is 0 Å². The van der Waals surface area contributed by atoms with Gasteiger partial charge in [-0.25, -0.2) is 0 Å². The molecule has 150 valence electrons. The van der Waals surface area contributed by atoms with Gasteiger partial charge in [0.1, 0.15) is 0 Å². The summed E-state index contributed by atoms with van der Waals surface area (Å²) in [5.41, 5.74) is 5.22. The van der Waals surface area contributed by atoms with E-state index in [9.17, 15) is 4.79 Å². The molecule has 0 N–H and O–H groups in total. The summed E-state index contributed by atoms with van der Waals surface area (Å²) >= 11 is 12.3. The first-order valence-corrected chi connectivity index (χ1v) is 10.6. The van der Waals surface area contributed by atoms with Crippen LogP contribution in [-0.4, -0.2) is 5.91 Å². The molecule has 1 amide bonds. The lowest BCUT2D eigenvalue weighted by Gasteiger charge is -2.21. The number of anilines is 1. The Bertz CT molecular complexity index is 1150. The third-order valence-corrected chi connectivity index (χ3v) is 5.71. The van der Waals surface area contributed by atoms with E-state index in [0.717, 1.165) is 22.5 Å². The van der Waals surface area contributed by atoms with E-state index < -0.39 is 0 Å². The van der Waals surface area contributed by atoms with E-state index >= 15 is 0 Å². The summed E-state index contributed by atoms with van der Waals surface area (Å²) in [6, 6.07) is 23.3. The first-order chi connectivity index (χ1) is 14.4. The molecule has 0 spiro atoms. The Balaban J connectivity index is 1.80. The second-order valence-corrected chi connectivity index (χ2v) is 8.39. The maximum atomic E-state index is 13.4. The number of hydrogen-bond acceptors (Lipinski definition) is 1. The Morgan fingerprint density at radius 1 is 0.900 bits per heavy atom. The number of amides is 1. The Hall–Kier alpha value is -2.81. The molecule has 0 saturated carbocycles. The number of benzene rings is 3. The molecule has 1 heterocycles. The van der Waals surface area contributed by atoms with Crippen molar-refractivity contribution < 1.29 is 4.79 Å². The second kappa shape index (κ2) is 8.51. The monoisotopic (exact) mass is 433 g/mol. The molecule has 0 saturated heterocycles. The highest BCUT2D eigenvalue weighted by Gasteiger charge is 2.30. The Kier molecular flexibility index (Phi) is 5.80. The number of hydrogen-bond donors (Lipinski definition) is 0. The molecular formula is C26H21Cl2NO. The maximum absolute atomic E-state index is 13.4. The van der Waals surface area contributed by atoms with E-state index in [1.54, 1.807) is 17.0 Å². The fourth-order valence-corrected chi connectivity index (χ4v) is 3.95. The van der Waals surface area contributed by atoms with Crippen LogP contribution in [0.3, 0.4) is 0 Å². The molecule has 0 fully saturated rings. The van der Waals surface area contributed by atoms with Crippen molar-refractivity contribution in [1.82, 2.24) is 0 Å². The summed E-state index contributed by atoms with van der Waals surface area (Å²) in [5.74, 6) is 0.345. The van der Waals surface area contributed by atoms with Crippen molar-refractivity contribution in [2.75, 3.05) is 4.90 Å². The van der Waals surface area contributed by atoms with Gasteiger partial charge in [0.2, 0.25) is 0 Å². The number of halogens is 2. The van der Waals surface area contributed by atoms with Crippen molar-refractivity contribution in [2.45, 2.75) is 19.8 Å². The molecule has 4 rings (SSSR count). The zero-order valence-corrected chi connectivity index (χ0v) is 18.3. The largest absolute Gasteiger partial charge is 0.276 e. The SMILES string of the molecule is CC(C)c1ccc(N2C(=O)/C(=C/c3ccc(Cl)cc3Cl)C=C2c2ccccc2)cc1. The van der Waals surface area contributed by atoms with Gasteiger partial charge < -0.3 is 0 Å². The van der Waals surface area contributed by atoms with E-state index in [2.05, 4.69) is 26.0 Å². The third kappa shape index (κ3) is 4.07. The molecule has 0 atom stereocenters. The summed E-state index contributed by atoms with van der Waals surface area (Å²) in [7, 11) is 0. The van der Waals surface area contributed by atoms with Crippen molar-refractivity contribution in [3.05, 3.63) is 111 Å². The predicted octanol–water partition coefficient (Wildman–Crippen LogP) is 7.59. The van der Waals surface area contributed by atoms with Gasteiger partial charge in [0.05, 0.1) is 5.70 Å². The van der Waals surface area contributed by atoms with Crippen LogP contribution in [0.15, 0.2) is 84.4 Å². The Morgan fingerprint density at radius 3 is 2.23 bits per heavy atom. The van der Waals surface area contributed by atoms with Crippen molar-refractivity contribution in [2.24, 2.45) is 0 Å². The van der Waals surface area contributed by atoms with Gasteiger partial charge in [-0.3, -0.25) is 9.69 Å². The van der Waals surface area contributed by atoms with E-state index in [1.165, 1.54) is 5.56 Å². The molecule has 0 radical (unpaired) electrons. The lowest BCUT2D eigenvalue weighted by Crippen LogP contribution is -2.24. The van der Waals surface area contributed by atoms with Crippen LogP contribution >= 0.6 is 23.2 Å². The highest BCUT2D eigenvalue weighted by Crippen LogP contribution is 2.36. The van der Waals surface area contributed by atoms with Crippen LogP contribution in [-0.2, 0) is 4.79 Å². The Labute approximate surface area is 187 Å². The minimum Gasteiger partial charge on any atom is -0.276 e. The van der Waals surface area contributed by atoms with Crippen molar-refractivity contribution in [3.63, 3.8) is 0 Å². The van der Waals surface area contributed by atoms with E-state index in [4.69, 9.17) is 23.2 Å². The van der Waals surface area contributed by atoms with Crippen molar-refractivity contribution in [1.29, 1.82) is 0 Å². The molecule has 3 aromatic carbocycles. The molecule has 0 bridgehead atoms.